The van der Waals surface area contributed by atoms with Crippen LogP contribution in [0.3, 0.4) is 0 Å². The van der Waals surface area contributed by atoms with Crippen LogP contribution in [-0.4, -0.2) is 29.7 Å². The Kier molecular flexibility index (Phi) is 5.75. The van der Waals surface area contributed by atoms with E-state index in [-0.39, 0.29) is 12.1 Å². The van der Waals surface area contributed by atoms with Gasteiger partial charge in [-0.15, -0.1) is 0 Å². The summed E-state index contributed by atoms with van der Waals surface area (Å²) in [6, 6.07) is 7.15. The Bertz CT molecular complexity index is 488. The highest BCUT2D eigenvalue weighted by Crippen LogP contribution is 2.37. The normalized spacial score (nSPS) is 14.3. The third-order valence-electron chi connectivity index (χ3n) is 3.01. The van der Waals surface area contributed by atoms with Crippen LogP contribution in [-0.2, 0) is 9.59 Å². The highest BCUT2D eigenvalue weighted by molar-refractivity contribution is 5.78. The van der Waals surface area contributed by atoms with E-state index in [0.717, 1.165) is 0 Å². The third-order valence-corrected chi connectivity index (χ3v) is 3.01. The van der Waals surface area contributed by atoms with Gasteiger partial charge < -0.3 is 10.4 Å². The van der Waals surface area contributed by atoms with Crippen LogP contribution in [0.15, 0.2) is 30.3 Å². The summed E-state index contributed by atoms with van der Waals surface area (Å²) in [5.41, 5.74) is 0.00596. The number of amides is 1. The molecular weight excluding hydrogens is 287 g/mol. The number of alkyl halides is 3. The van der Waals surface area contributed by atoms with Crippen molar-refractivity contribution in [1.29, 1.82) is 0 Å². The molecule has 0 saturated carbocycles. The Hall–Kier alpha value is -2.05. The van der Waals surface area contributed by atoms with Crippen LogP contribution >= 0.6 is 0 Å². The zero-order valence-electron chi connectivity index (χ0n) is 11.4. The molecule has 0 bridgehead atoms. The Morgan fingerprint density at radius 1 is 1.24 bits per heavy atom. The van der Waals surface area contributed by atoms with E-state index in [1.54, 1.807) is 6.07 Å². The summed E-state index contributed by atoms with van der Waals surface area (Å²) in [6.45, 7) is 1.16. The molecule has 0 aromatic heterocycles. The van der Waals surface area contributed by atoms with Crippen molar-refractivity contribution >= 4 is 11.9 Å². The van der Waals surface area contributed by atoms with Gasteiger partial charge in [0.05, 0.1) is 11.8 Å². The van der Waals surface area contributed by atoms with Crippen LogP contribution in [0, 0.1) is 5.92 Å². The fraction of sp³-hybridized carbons (Fsp3) is 0.429. The summed E-state index contributed by atoms with van der Waals surface area (Å²) in [5, 5.41) is 10.9. The van der Waals surface area contributed by atoms with Crippen molar-refractivity contribution in [1.82, 2.24) is 5.32 Å². The second-order valence-electron chi connectivity index (χ2n) is 4.75. The Labute approximate surface area is 120 Å². The molecule has 0 radical (unpaired) electrons. The number of hydrogen-bond acceptors (Lipinski definition) is 2. The molecule has 0 spiro atoms. The Balaban J connectivity index is 2.71. The first-order valence-electron chi connectivity index (χ1n) is 6.33. The molecule has 2 N–H and O–H groups in total. The first-order chi connectivity index (χ1) is 9.71. The molecular formula is C14H16F3NO3. The highest BCUT2D eigenvalue weighted by Gasteiger charge is 2.41. The van der Waals surface area contributed by atoms with Gasteiger partial charge >= 0.3 is 12.1 Å². The summed E-state index contributed by atoms with van der Waals surface area (Å²) in [7, 11) is 0. The number of aliphatic carboxylic acids is 1. The molecule has 2 atom stereocenters. The third kappa shape index (κ3) is 5.45. The van der Waals surface area contributed by atoms with E-state index in [1.165, 1.54) is 31.2 Å². The molecule has 0 aliphatic heterocycles. The van der Waals surface area contributed by atoms with E-state index in [9.17, 15) is 22.8 Å². The van der Waals surface area contributed by atoms with Crippen molar-refractivity contribution in [3.05, 3.63) is 35.9 Å². The van der Waals surface area contributed by atoms with Crippen molar-refractivity contribution in [3.8, 4) is 0 Å². The molecule has 0 aliphatic rings. The Morgan fingerprint density at radius 2 is 1.81 bits per heavy atom. The maximum absolute atomic E-state index is 13.0. The standard InChI is InChI=1S/C14H16F3NO3/c1-9(13(20)21)8-18-12(19)7-11(14(15,16)17)10-5-3-2-4-6-10/h2-6,9,11H,7-8H2,1H3,(H,18,19)(H,20,21). The molecule has 1 aromatic carbocycles. The number of carboxylic acids is 1. The van der Waals surface area contributed by atoms with Gasteiger partial charge in [-0.3, -0.25) is 9.59 Å². The summed E-state index contributed by atoms with van der Waals surface area (Å²) < 4.78 is 39.1. The van der Waals surface area contributed by atoms with Crippen molar-refractivity contribution in [2.75, 3.05) is 6.54 Å². The zero-order chi connectivity index (χ0) is 16.0. The van der Waals surface area contributed by atoms with Crippen molar-refractivity contribution < 1.29 is 27.9 Å². The van der Waals surface area contributed by atoms with E-state index < -0.39 is 36.3 Å². The first kappa shape index (κ1) is 17.0. The summed E-state index contributed by atoms with van der Waals surface area (Å²) >= 11 is 0. The molecule has 1 rings (SSSR count). The van der Waals surface area contributed by atoms with E-state index in [1.807, 2.05) is 0 Å². The number of carbonyl (C=O) groups excluding carboxylic acids is 1. The first-order valence-corrected chi connectivity index (χ1v) is 6.33. The number of rotatable bonds is 6. The van der Waals surface area contributed by atoms with Crippen LogP contribution in [0.1, 0.15) is 24.8 Å². The average molecular weight is 303 g/mol. The van der Waals surface area contributed by atoms with E-state index in [0.29, 0.717) is 0 Å². The number of hydrogen-bond donors (Lipinski definition) is 2. The van der Waals surface area contributed by atoms with Crippen LogP contribution in [0.4, 0.5) is 13.2 Å². The summed E-state index contributed by atoms with van der Waals surface area (Å²) in [4.78, 5) is 22.2. The SMILES string of the molecule is CC(CNC(=O)CC(c1ccccc1)C(F)(F)F)C(=O)O. The van der Waals surface area contributed by atoms with Gasteiger partial charge in [-0.05, 0) is 5.56 Å². The van der Waals surface area contributed by atoms with Crippen LogP contribution in [0.5, 0.6) is 0 Å². The minimum atomic E-state index is -4.54. The minimum Gasteiger partial charge on any atom is -0.481 e. The summed E-state index contributed by atoms with van der Waals surface area (Å²) in [6.07, 6.45) is -5.31. The second-order valence-corrected chi connectivity index (χ2v) is 4.75. The molecule has 1 aromatic rings. The molecule has 21 heavy (non-hydrogen) atoms. The lowest BCUT2D eigenvalue weighted by Crippen LogP contribution is -2.34. The monoisotopic (exact) mass is 303 g/mol. The molecule has 0 aliphatic carbocycles. The molecule has 0 saturated heterocycles. The zero-order valence-corrected chi connectivity index (χ0v) is 11.4. The predicted octanol–water partition coefficient (Wildman–Crippen LogP) is 2.56. The molecule has 4 nitrogen and oxygen atoms in total. The van der Waals surface area contributed by atoms with E-state index in [2.05, 4.69) is 5.32 Å². The van der Waals surface area contributed by atoms with Crippen molar-refractivity contribution in [2.24, 2.45) is 5.92 Å². The maximum Gasteiger partial charge on any atom is 0.396 e. The van der Waals surface area contributed by atoms with Gasteiger partial charge in [-0.2, -0.15) is 13.2 Å². The maximum atomic E-state index is 13.0. The fourth-order valence-corrected chi connectivity index (χ4v) is 1.72. The van der Waals surface area contributed by atoms with Crippen LogP contribution in [0.2, 0.25) is 0 Å². The number of halogens is 3. The molecule has 2 unspecified atom stereocenters. The van der Waals surface area contributed by atoms with Crippen molar-refractivity contribution in [2.45, 2.75) is 25.4 Å². The Morgan fingerprint density at radius 3 is 2.29 bits per heavy atom. The molecule has 0 heterocycles. The van der Waals surface area contributed by atoms with Gasteiger partial charge in [0, 0.05) is 13.0 Å². The number of carbonyl (C=O) groups is 2. The molecule has 116 valence electrons. The fourth-order valence-electron chi connectivity index (χ4n) is 1.72. The number of nitrogens with one attached hydrogen (secondary N) is 1. The molecule has 1 amide bonds. The lowest BCUT2D eigenvalue weighted by Gasteiger charge is -2.20. The van der Waals surface area contributed by atoms with Gasteiger partial charge in [0.2, 0.25) is 5.91 Å². The van der Waals surface area contributed by atoms with Gasteiger partial charge in [0.1, 0.15) is 0 Å². The van der Waals surface area contributed by atoms with E-state index in [4.69, 9.17) is 5.11 Å². The topological polar surface area (TPSA) is 66.4 Å². The van der Waals surface area contributed by atoms with Gasteiger partial charge in [0.15, 0.2) is 0 Å². The van der Waals surface area contributed by atoms with Gasteiger partial charge in [-0.1, -0.05) is 37.3 Å². The smallest absolute Gasteiger partial charge is 0.396 e. The van der Waals surface area contributed by atoms with Gasteiger partial charge in [0.25, 0.3) is 0 Å². The lowest BCUT2D eigenvalue weighted by atomic mass is 9.94. The highest BCUT2D eigenvalue weighted by atomic mass is 19.4. The number of carboxylic acid groups (broad SMARTS) is 1. The quantitative estimate of drug-likeness (QED) is 0.849. The molecule has 0 fully saturated rings. The largest absolute Gasteiger partial charge is 0.481 e. The second kappa shape index (κ2) is 7.10. The summed E-state index contributed by atoms with van der Waals surface area (Å²) in [5.74, 6) is -4.70. The van der Waals surface area contributed by atoms with E-state index >= 15 is 0 Å². The predicted molar refractivity (Wildman–Crippen MR) is 69.7 cm³/mol. The lowest BCUT2D eigenvalue weighted by molar-refractivity contribution is -0.157. The van der Waals surface area contributed by atoms with Gasteiger partial charge in [-0.25, -0.2) is 0 Å². The average Bonchev–Trinajstić information content (AvgIpc) is 2.41. The van der Waals surface area contributed by atoms with Crippen molar-refractivity contribution in [3.63, 3.8) is 0 Å². The van der Waals surface area contributed by atoms with Crippen LogP contribution in [0.25, 0.3) is 0 Å². The molecule has 7 heteroatoms. The van der Waals surface area contributed by atoms with Crippen LogP contribution < -0.4 is 5.32 Å². The minimum absolute atomic E-state index is 0.00596. The number of benzene rings is 1.